The number of carbonyl (C=O) groups is 4. The quantitative estimate of drug-likeness (QED) is 0.132. The van der Waals surface area contributed by atoms with Gasteiger partial charge in [0.05, 0.1) is 26.2 Å². The van der Waals surface area contributed by atoms with E-state index in [-0.39, 0.29) is 144 Å². The summed E-state index contributed by atoms with van der Waals surface area (Å²) in [5.41, 5.74) is 0. The smallest absolute Gasteiger partial charge is 0.480 e. The van der Waals surface area contributed by atoms with Gasteiger partial charge in [0.2, 0.25) is 0 Å². The molecule has 0 radical (unpaired) electrons. The Hall–Kier alpha value is 1.76. The van der Waals surface area contributed by atoms with Crippen molar-refractivity contribution in [2.24, 2.45) is 0 Å². The van der Waals surface area contributed by atoms with Crippen LogP contribution in [0.2, 0.25) is 0 Å². The van der Waals surface area contributed by atoms with Crippen LogP contribution in [0.25, 0.3) is 0 Å². The number of hydrogen-bond acceptors (Lipinski definition) is 7. The number of rotatable bonds is 14. The molecule has 0 atom stereocenters. The first kappa shape index (κ1) is 39.3. The third kappa shape index (κ3) is 27.8. The second-order valence-electron chi connectivity index (χ2n) is 4.75. The van der Waals surface area contributed by atoms with E-state index in [1.54, 1.807) is 0 Å². The van der Waals surface area contributed by atoms with Crippen molar-refractivity contribution in [1.82, 2.24) is 15.1 Å². The summed E-state index contributed by atoms with van der Waals surface area (Å²) in [4.78, 5) is 44.9. The van der Waals surface area contributed by atoms with Crippen molar-refractivity contribution in [2.75, 3.05) is 52.4 Å². The molecule has 11 nitrogen and oxygen atoms in total. The molecule has 0 fully saturated rings. The molecule has 132 valence electrons. The zero-order valence-electron chi connectivity index (χ0n) is 16.5. The number of carboxylic acids is 4. The topological polar surface area (TPSA) is 168 Å². The van der Waals surface area contributed by atoms with E-state index in [0.29, 0.717) is 0 Å². The van der Waals surface area contributed by atoms with Gasteiger partial charge in [-0.15, -0.1) is 0 Å². The van der Waals surface area contributed by atoms with Gasteiger partial charge in [-0.2, -0.15) is 0 Å². The Kier molecular flexibility index (Phi) is 34.9. The Bertz CT molecular complexity index is 375. The molecule has 0 heterocycles. The van der Waals surface area contributed by atoms with E-state index in [1.165, 1.54) is 9.80 Å². The van der Waals surface area contributed by atoms with Crippen molar-refractivity contribution in [3.8, 4) is 0 Å². The van der Waals surface area contributed by atoms with Crippen molar-refractivity contribution in [3.63, 3.8) is 0 Å². The van der Waals surface area contributed by atoms with E-state index in [2.05, 4.69) is 5.32 Å². The fourth-order valence-electron chi connectivity index (χ4n) is 1.79. The second kappa shape index (κ2) is 24.0. The Morgan fingerprint density at radius 1 is 0.556 bits per heavy atom. The number of aliphatic carboxylic acids is 4. The minimum Gasteiger partial charge on any atom is -0.480 e. The molecule has 0 aromatic carbocycles. The van der Waals surface area contributed by atoms with E-state index in [0.717, 1.165) is 0 Å². The maximum Gasteiger partial charge on any atom is 1.00 e. The summed E-state index contributed by atoms with van der Waals surface area (Å²) in [5, 5.41) is 37.6. The van der Waals surface area contributed by atoms with Gasteiger partial charge in [-0.25, -0.2) is 0 Å². The van der Waals surface area contributed by atoms with Gasteiger partial charge in [0.15, 0.2) is 0 Å². The Morgan fingerprint density at radius 3 is 0.963 bits per heavy atom. The number of nitrogens with zero attached hydrogens (tertiary/aromatic N) is 2. The number of carboxylic acid groups (broad SMARTS) is 4. The molecule has 0 aliphatic heterocycles. The van der Waals surface area contributed by atoms with E-state index < -0.39 is 50.1 Å². The molecule has 0 saturated carbocycles. The molecule has 5 N–H and O–H groups in total. The van der Waals surface area contributed by atoms with E-state index >= 15 is 0 Å². The van der Waals surface area contributed by atoms with Crippen LogP contribution >= 0.6 is 0 Å². The largest absolute Gasteiger partial charge is 1.00 e. The first-order valence-corrected chi connectivity index (χ1v) is 6.73. The summed E-state index contributed by atoms with van der Waals surface area (Å²) in [6, 6.07) is 0. The van der Waals surface area contributed by atoms with Crippen LogP contribution in [-0.4, -0.2) is 106 Å². The molecule has 0 aromatic heterocycles. The zero-order chi connectivity index (χ0) is 17.8. The molecule has 0 aliphatic carbocycles. The second-order valence-corrected chi connectivity index (χ2v) is 4.75. The normalized spacial score (nSPS) is 9.26. The van der Waals surface area contributed by atoms with Crippen LogP contribution in [0.5, 0.6) is 0 Å². The minimum absolute atomic E-state index is 0. The maximum absolute atomic E-state index is 10.6. The molecule has 0 aromatic rings. The van der Waals surface area contributed by atoms with Crippen molar-refractivity contribution in [2.45, 2.75) is 0 Å². The summed E-state index contributed by atoms with van der Waals surface area (Å²) in [6.07, 6.45) is 0. The minimum atomic E-state index is -1.14. The molecule has 0 aliphatic rings. The third-order valence-electron chi connectivity index (χ3n) is 2.65. The fourth-order valence-corrected chi connectivity index (χ4v) is 1.79. The van der Waals surface area contributed by atoms with Gasteiger partial charge in [-0.05, 0) is 0 Å². The van der Waals surface area contributed by atoms with Crippen molar-refractivity contribution >= 4 is 23.9 Å². The Morgan fingerprint density at radius 2 is 0.778 bits per heavy atom. The summed E-state index contributed by atoms with van der Waals surface area (Å²) in [6.45, 7) is -0.692. The van der Waals surface area contributed by atoms with Gasteiger partial charge in [0, 0.05) is 26.2 Å². The van der Waals surface area contributed by atoms with Crippen molar-refractivity contribution in [1.29, 1.82) is 0 Å². The molecule has 15 heteroatoms. The average Bonchev–Trinajstić information content (AvgIpc) is 2.34. The molecule has 0 rings (SSSR count). The van der Waals surface area contributed by atoms with Crippen LogP contribution in [0, 0.1) is 0 Å². The van der Waals surface area contributed by atoms with Gasteiger partial charge in [-0.1, -0.05) is 0 Å². The molecule has 0 amide bonds. The summed E-state index contributed by atoms with van der Waals surface area (Å²) >= 11 is 0. The molecule has 0 unspecified atom stereocenters. The van der Waals surface area contributed by atoms with Gasteiger partial charge >= 0.3 is 142 Å². The van der Waals surface area contributed by atoms with Crippen LogP contribution in [-0.2, 0) is 19.2 Å². The zero-order valence-corrected chi connectivity index (χ0v) is 24.5. The molecule has 0 bridgehead atoms. The monoisotopic (exact) mass is 427 g/mol. The van der Waals surface area contributed by atoms with E-state index in [9.17, 15) is 19.2 Å². The number of hydrogen-bond donors (Lipinski definition) is 5. The van der Waals surface area contributed by atoms with Crippen LogP contribution in [0.15, 0.2) is 0 Å². The summed E-state index contributed by atoms with van der Waals surface area (Å²) in [7, 11) is 0. The molecule has 0 saturated heterocycles. The summed E-state index contributed by atoms with van der Waals surface area (Å²) in [5.74, 6) is -4.55. The van der Waals surface area contributed by atoms with Crippen LogP contribution in [0.1, 0.15) is 0 Å². The van der Waals surface area contributed by atoms with Crippen LogP contribution < -0.4 is 124 Å². The van der Waals surface area contributed by atoms with Crippen LogP contribution in [0.4, 0.5) is 0 Å². The molecule has 0 spiro atoms. The average molecular weight is 427 g/mol. The van der Waals surface area contributed by atoms with E-state index in [1.807, 2.05) is 0 Å². The van der Waals surface area contributed by atoms with E-state index in [4.69, 9.17) is 20.4 Å². The molecular formula is C12H21N3Na4O8+4. The first-order valence-electron chi connectivity index (χ1n) is 6.73. The van der Waals surface area contributed by atoms with Gasteiger partial charge in [0.1, 0.15) is 0 Å². The number of nitrogens with one attached hydrogen (secondary N) is 1. The Balaban J connectivity index is -0.000000403. The first-order chi connectivity index (χ1) is 10.7. The molecule has 27 heavy (non-hydrogen) atoms. The Labute approximate surface area is 245 Å². The van der Waals surface area contributed by atoms with Crippen molar-refractivity contribution < 1.29 is 158 Å². The maximum atomic E-state index is 10.6. The van der Waals surface area contributed by atoms with Crippen molar-refractivity contribution in [3.05, 3.63) is 0 Å². The molecular weight excluding hydrogens is 406 g/mol. The predicted molar refractivity (Wildman–Crippen MR) is 76.3 cm³/mol. The summed E-state index contributed by atoms with van der Waals surface area (Å²) < 4.78 is 0. The third-order valence-corrected chi connectivity index (χ3v) is 2.65. The SMILES string of the molecule is O=C(O)CN(CCNCCN(CC(=O)O)CC(=O)O)CC(=O)O.[Na+].[Na+].[Na+].[Na+]. The predicted octanol–water partition coefficient (Wildman–Crippen LogP) is -14.5. The fraction of sp³-hybridized carbons (Fsp3) is 0.667. The standard InChI is InChI=1S/C12H21N3O8.4Na/c16-9(17)5-14(6-10(18)19)3-1-13-2-4-15(7-11(20)21)8-12(22)23;;;;/h13H,1-8H2,(H,16,17)(H,18,19)(H,20,21)(H,22,23);;;;/q;4*+1. The van der Waals surface area contributed by atoms with Crippen LogP contribution in [0.3, 0.4) is 0 Å². The van der Waals surface area contributed by atoms with Gasteiger partial charge < -0.3 is 25.7 Å². The van der Waals surface area contributed by atoms with Gasteiger partial charge in [-0.3, -0.25) is 29.0 Å². The van der Waals surface area contributed by atoms with Gasteiger partial charge in [0.25, 0.3) is 0 Å².